The van der Waals surface area contributed by atoms with Gasteiger partial charge in [0.05, 0.1) is 5.69 Å². The minimum absolute atomic E-state index is 0.535. The summed E-state index contributed by atoms with van der Waals surface area (Å²) in [6.07, 6.45) is 2.41. The van der Waals surface area contributed by atoms with E-state index in [9.17, 15) is 0 Å². The maximum absolute atomic E-state index is 5.47. The number of H-pyrrole nitrogens is 1. The lowest BCUT2D eigenvalue weighted by Crippen LogP contribution is -2.16. The van der Waals surface area contributed by atoms with E-state index in [0.29, 0.717) is 6.04 Å². The van der Waals surface area contributed by atoms with E-state index in [4.69, 9.17) is 12.2 Å². The largest absolute Gasteiger partial charge is 0.328 e. The standard InChI is InChI=1S/C11H16N4S2/c1-7-9-10(14(2)13-7)15(11(16)12-9)8-3-5-17-6-4-8/h8H,3-6H2,1-2H3,(H,12,16). The third-order valence-corrected chi connectivity index (χ3v) is 4.77. The number of fused-ring (bicyclic) bond motifs is 1. The minimum Gasteiger partial charge on any atom is -0.328 e. The van der Waals surface area contributed by atoms with Gasteiger partial charge in [0.25, 0.3) is 0 Å². The molecule has 1 aliphatic rings. The van der Waals surface area contributed by atoms with Gasteiger partial charge in [-0.15, -0.1) is 0 Å². The van der Waals surface area contributed by atoms with Gasteiger partial charge in [-0.2, -0.15) is 16.9 Å². The summed E-state index contributed by atoms with van der Waals surface area (Å²) in [4.78, 5) is 3.30. The van der Waals surface area contributed by atoms with Gasteiger partial charge in [-0.25, -0.2) is 0 Å². The Labute approximate surface area is 109 Å². The van der Waals surface area contributed by atoms with E-state index in [1.165, 1.54) is 24.3 Å². The predicted molar refractivity (Wildman–Crippen MR) is 74.2 cm³/mol. The van der Waals surface area contributed by atoms with Crippen LogP contribution in [0.4, 0.5) is 0 Å². The Morgan fingerprint density at radius 2 is 2.12 bits per heavy atom. The number of hydrogen-bond donors (Lipinski definition) is 1. The Hall–Kier alpha value is -0.750. The zero-order valence-electron chi connectivity index (χ0n) is 10.1. The fourth-order valence-electron chi connectivity index (χ4n) is 2.61. The van der Waals surface area contributed by atoms with E-state index in [1.807, 2.05) is 30.4 Å². The molecular weight excluding hydrogens is 252 g/mol. The quantitative estimate of drug-likeness (QED) is 0.808. The SMILES string of the molecule is Cc1nn(C)c2c1[nH]c(=S)n2C1CCSCC1. The molecule has 0 amide bonds. The summed E-state index contributed by atoms with van der Waals surface area (Å²) in [7, 11) is 1.99. The number of aromatic nitrogens is 4. The zero-order valence-corrected chi connectivity index (χ0v) is 11.7. The van der Waals surface area contributed by atoms with Gasteiger partial charge in [0.1, 0.15) is 5.52 Å². The van der Waals surface area contributed by atoms with Gasteiger partial charge in [-0.1, -0.05) is 0 Å². The second-order valence-electron chi connectivity index (χ2n) is 4.55. The van der Waals surface area contributed by atoms with Gasteiger partial charge in [0, 0.05) is 13.1 Å². The lowest BCUT2D eigenvalue weighted by molar-refractivity contribution is 0.468. The van der Waals surface area contributed by atoms with Crippen LogP contribution in [0.25, 0.3) is 11.2 Å². The maximum atomic E-state index is 5.47. The number of aryl methyl sites for hydroxylation is 2. The normalized spacial score (nSPS) is 18.0. The third-order valence-electron chi connectivity index (χ3n) is 3.43. The van der Waals surface area contributed by atoms with Crippen molar-refractivity contribution in [1.29, 1.82) is 0 Å². The number of rotatable bonds is 1. The molecule has 4 nitrogen and oxygen atoms in total. The molecule has 6 heteroatoms. The van der Waals surface area contributed by atoms with Gasteiger partial charge < -0.3 is 4.98 Å². The maximum Gasteiger partial charge on any atom is 0.179 e. The number of aromatic amines is 1. The van der Waals surface area contributed by atoms with Gasteiger partial charge in [-0.3, -0.25) is 9.25 Å². The topological polar surface area (TPSA) is 38.5 Å². The molecule has 0 aliphatic carbocycles. The van der Waals surface area contributed by atoms with Crippen molar-refractivity contribution in [3.05, 3.63) is 10.5 Å². The third kappa shape index (κ3) is 1.74. The van der Waals surface area contributed by atoms with E-state index in [1.54, 1.807) is 0 Å². The van der Waals surface area contributed by atoms with Crippen molar-refractivity contribution in [2.75, 3.05) is 11.5 Å². The highest BCUT2D eigenvalue weighted by molar-refractivity contribution is 7.99. The predicted octanol–water partition coefficient (Wildman–Crippen LogP) is 2.81. The number of nitrogens with zero attached hydrogens (tertiary/aromatic N) is 3. The molecule has 0 radical (unpaired) electrons. The summed E-state index contributed by atoms with van der Waals surface area (Å²) in [6.45, 7) is 2.02. The molecule has 1 fully saturated rings. The van der Waals surface area contributed by atoms with Crippen LogP contribution in [0.1, 0.15) is 24.6 Å². The molecule has 3 rings (SSSR count). The number of hydrogen-bond acceptors (Lipinski definition) is 3. The van der Waals surface area contributed by atoms with Gasteiger partial charge in [-0.05, 0) is 43.5 Å². The molecule has 17 heavy (non-hydrogen) atoms. The zero-order chi connectivity index (χ0) is 12.0. The molecule has 1 aliphatic heterocycles. The molecule has 0 aromatic carbocycles. The highest BCUT2D eigenvalue weighted by Crippen LogP contribution is 2.30. The van der Waals surface area contributed by atoms with Crippen LogP contribution in [0.15, 0.2) is 0 Å². The second kappa shape index (κ2) is 4.17. The molecule has 0 atom stereocenters. The number of imidazole rings is 1. The van der Waals surface area contributed by atoms with Crippen LogP contribution < -0.4 is 0 Å². The first kappa shape index (κ1) is 11.3. The lowest BCUT2D eigenvalue weighted by atomic mass is 10.1. The number of thioether (sulfide) groups is 1. The highest BCUT2D eigenvalue weighted by Gasteiger charge is 2.21. The highest BCUT2D eigenvalue weighted by atomic mass is 32.2. The van der Waals surface area contributed by atoms with E-state index >= 15 is 0 Å². The average Bonchev–Trinajstić information content (AvgIpc) is 2.79. The van der Waals surface area contributed by atoms with E-state index in [2.05, 4.69) is 14.6 Å². The molecule has 1 N–H and O–H groups in total. The van der Waals surface area contributed by atoms with Crippen LogP contribution in [0.3, 0.4) is 0 Å². The fraction of sp³-hybridized carbons (Fsp3) is 0.636. The Balaban J connectivity index is 2.20. The fourth-order valence-corrected chi connectivity index (χ4v) is 4.03. The summed E-state index contributed by atoms with van der Waals surface area (Å²) in [6, 6.07) is 0.535. The summed E-state index contributed by atoms with van der Waals surface area (Å²) < 4.78 is 5.05. The molecule has 2 aromatic heterocycles. The molecule has 0 unspecified atom stereocenters. The number of nitrogens with one attached hydrogen (secondary N) is 1. The van der Waals surface area contributed by atoms with Crippen LogP contribution in [-0.2, 0) is 7.05 Å². The lowest BCUT2D eigenvalue weighted by Gasteiger charge is -2.23. The van der Waals surface area contributed by atoms with Crippen LogP contribution in [-0.4, -0.2) is 30.8 Å². The molecule has 1 saturated heterocycles. The van der Waals surface area contributed by atoms with Crippen LogP contribution >= 0.6 is 24.0 Å². The van der Waals surface area contributed by atoms with Crippen molar-refractivity contribution in [1.82, 2.24) is 19.3 Å². The Morgan fingerprint density at radius 3 is 2.82 bits per heavy atom. The summed E-state index contributed by atoms with van der Waals surface area (Å²) in [5.74, 6) is 2.46. The van der Waals surface area contributed by atoms with Crippen molar-refractivity contribution in [3.8, 4) is 0 Å². The first-order valence-corrected chi connectivity index (χ1v) is 7.46. The van der Waals surface area contributed by atoms with Crippen LogP contribution in [0.2, 0.25) is 0 Å². The smallest absolute Gasteiger partial charge is 0.179 e. The summed E-state index contributed by atoms with van der Waals surface area (Å²) in [5.41, 5.74) is 3.26. The molecule has 0 bridgehead atoms. The van der Waals surface area contributed by atoms with E-state index in [0.717, 1.165) is 21.6 Å². The van der Waals surface area contributed by atoms with Gasteiger partial charge in [0.2, 0.25) is 0 Å². The van der Waals surface area contributed by atoms with Crippen LogP contribution in [0, 0.1) is 11.7 Å². The Kier molecular flexibility index (Phi) is 2.78. The first-order valence-electron chi connectivity index (χ1n) is 5.90. The Morgan fingerprint density at radius 1 is 1.41 bits per heavy atom. The average molecular weight is 268 g/mol. The Bertz CT molecular complexity index is 601. The molecule has 3 heterocycles. The van der Waals surface area contributed by atoms with Gasteiger partial charge >= 0.3 is 0 Å². The minimum atomic E-state index is 0.535. The first-order chi connectivity index (χ1) is 8.18. The van der Waals surface area contributed by atoms with Crippen molar-refractivity contribution in [3.63, 3.8) is 0 Å². The van der Waals surface area contributed by atoms with Gasteiger partial charge in [0.15, 0.2) is 10.4 Å². The van der Waals surface area contributed by atoms with E-state index < -0.39 is 0 Å². The summed E-state index contributed by atoms with van der Waals surface area (Å²) >= 11 is 7.50. The monoisotopic (exact) mass is 268 g/mol. The van der Waals surface area contributed by atoms with Crippen molar-refractivity contribution in [2.24, 2.45) is 7.05 Å². The molecule has 92 valence electrons. The summed E-state index contributed by atoms with van der Waals surface area (Å²) in [5, 5.41) is 4.46. The van der Waals surface area contributed by atoms with Crippen molar-refractivity contribution < 1.29 is 0 Å². The van der Waals surface area contributed by atoms with Crippen LogP contribution in [0.5, 0.6) is 0 Å². The molecular formula is C11H16N4S2. The van der Waals surface area contributed by atoms with Crippen molar-refractivity contribution >= 4 is 35.1 Å². The second-order valence-corrected chi connectivity index (χ2v) is 6.16. The molecule has 2 aromatic rings. The van der Waals surface area contributed by atoms with Crippen molar-refractivity contribution in [2.45, 2.75) is 25.8 Å². The molecule has 0 saturated carbocycles. The molecule has 0 spiro atoms. The van der Waals surface area contributed by atoms with E-state index in [-0.39, 0.29) is 0 Å².